The predicted octanol–water partition coefficient (Wildman–Crippen LogP) is 3.45. The van der Waals surface area contributed by atoms with E-state index in [1.54, 1.807) is 7.11 Å². The first-order valence-corrected chi connectivity index (χ1v) is 12.7. The molecule has 0 N–H and O–H groups in total. The standard InChI is InChI=1S/C28H26N8O2/c1-29-17-38-22-8-23(28-24-11-30-12-25(24)33-36(28)16-22)19-4-5-26(31-10-19)34-14-20-7-21(15-34)35(20)13-18-3-6-27(37-2)32-9-18/h3-6,8-11,16,20-21H,7,12-15,17H2,2H3. The van der Waals surface area contributed by atoms with E-state index in [0.29, 0.717) is 30.3 Å². The fourth-order valence-electron chi connectivity index (χ4n) is 5.81. The number of piperazine rings is 1. The third-order valence-electron chi connectivity index (χ3n) is 7.67. The first-order valence-electron chi connectivity index (χ1n) is 12.7. The van der Waals surface area contributed by atoms with Crippen LogP contribution in [-0.4, -0.2) is 69.7 Å². The molecule has 190 valence electrons. The minimum Gasteiger partial charge on any atom is -0.481 e. The van der Waals surface area contributed by atoms with Crippen molar-refractivity contribution in [3.05, 3.63) is 77.2 Å². The van der Waals surface area contributed by atoms with Crippen LogP contribution in [0.2, 0.25) is 0 Å². The minimum absolute atomic E-state index is 0.0339. The van der Waals surface area contributed by atoms with E-state index >= 15 is 0 Å². The van der Waals surface area contributed by atoms with Gasteiger partial charge in [0.25, 0.3) is 0 Å². The lowest BCUT2D eigenvalue weighted by molar-refractivity contribution is -0.00876. The second-order valence-corrected chi connectivity index (χ2v) is 9.88. The quantitative estimate of drug-likeness (QED) is 0.355. The molecule has 0 amide bonds. The summed E-state index contributed by atoms with van der Waals surface area (Å²) >= 11 is 0. The summed E-state index contributed by atoms with van der Waals surface area (Å²) in [7, 11) is 1.64. The van der Waals surface area contributed by atoms with Crippen molar-refractivity contribution in [2.45, 2.75) is 31.6 Å². The summed E-state index contributed by atoms with van der Waals surface area (Å²) in [6, 6.07) is 11.2. The molecular weight excluding hydrogens is 480 g/mol. The van der Waals surface area contributed by atoms with Crippen molar-refractivity contribution in [1.82, 2.24) is 24.5 Å². The van der Waals surface area contributed by atoms with Gasteiger partial charge in [-0.25, -0.2) is 21.1 Å². The summed E-state index contributed by atoms with van der Waals surface area (Å²) < 4.78 is 12.7. The van der Waals surface area contributed by atoms with Crippen molar-refractivity contribution >= 4 is 17.5 Å². The summed E-state index contributed by atoms with van der Waals surface area (Å²) in [4.78, 5) is 21.9. The van der Waals surface area contributed by atoms with E-state index in [9.17, 15) is 0 Å². The van der Waals surface area contributed by atoms with Gasteiger partial charge in [0.05, 0.1) is 31.1 Å². The van der Waals surface area contributed by atoms with E-state index < -0.39 is 0 Å². The van der Waals surface area contributed by atoms with Crippen LogP contribution in [0.25, 0.3) is 21.5 Å². The van der Waals surface area contributed by atoms with Crippen LogP contribution in [-0.2, 0) is 13.1 Å². The maximum Gasteiger partial charge on any atom is 0.357 e. The van der Waals surface area contributed by atoms with Crippen LogP contribution < -0.4 is 14.4 Å². The lowest BCUT2D eigenvalue weighted by Crippen LogP contribution is -2.68. The maximum atomic E-state index is 7.07. The van der Waals surface area contributed by atoms with Crippen LogP contribution in [0.15, 0.2) is 53.9 Å². The first-order chi connectivity index (χ1) is 18.7. The average molecular weight is 507 g/mol. The van der Waals surface area contributed by atoms with Gasteiger partial charge in [-0.05, 0) is 30.2 Å². The Kier molecular flexibility index (Phi) is 5.44. The fourth-order valence-corrected chi connectivity index (χ4v) is 5.81. The molecule has 4 aromatic heterocycles. The van der Waals surface area contributed by atoms with Gasteiger partial charge in [-0.2, -0.15) is 5.10 Å². The molecule has 3 saturated heterocycles. The number of hydrogen-bond donors (Lipinski definition) is 0. The average Bonchev–Trinajstić information content (AvgIpc) is 3.56. The molecule has 3 fully saturated rings. The molecule has 4 aromatic rings. The SMILES string of the molecule is [C-]#[N+]COc1cc(-c2ccc(N3CC4CC(C3)N4Cc3ccc(OC)nc3)nc2)c2c3c(nn2c1)CN=C3. The molecule has 2 unspecified atom stereocenters. The Bertz CT molecular complexity index is 1560. The Morgan fingerprint density at radius 1 is 1.11 bits per heavy atom. The van der Waals surface area contributed by atoms with E-state index in [-0.39, 0.29) is 6.73 Å². The van der Waals surface area contributed by atoms with Crippen molar-refractivity contribution in [2.24, 2.45) is 4.99 Å². The fraction of sp³-hybridized carbons (Fsp3) is 0.321. The number of hydrogen-bond acceptors (Lipinski definition) is 8. The topological polar surface area (TPSA) is 84.7 Å². The van der Waals surface area contributed by atoms with Crippen molar-refractivity contribution in [3.8, 4) is 22.8 Å². The smallest absolute Gasteiger partial charge is 0.357 e. The highest BCUT2D eigenvalue weighted by atomic mass is 16.5. The summed E-state index contributed by atoms with van der Waals surface area (Å²) in [6.07, 6.45) is 8.77. The van der Waals surface area contributed by atoms with Crippen molar-refractivity contribution in [1.29, 1.82) is 0 Å². The summed E-state index contributed by atoms with van der Waals surface area (Å²) in [5.41, 5.74) is 6.11. The van der Waals surface area contributed by atoms with Gasteiger partial charge in [0.1, 0.15) is 11.6 Å². The highest BCUT2D eigenvalue weighted by Gasteiger charge is 2.44. The van der Waals surface area contributed by atoms with Gasteiger partial charge in [-0.15, -0.1) is 0 Å². The van der Waals surface area contributed by atoms with Gasteiger partial charge < -0.3 is 14.4 Å². The molecule has 0 radical (unpaired) electrons. The Morgan fingerprint density at radius 2 is 2.00 bits per heavy atom. The van der Waals surface area contributed by atoms with E-state index in [2.05, 4.69) is 47.9 Å². The van der Waals surface area contributed by atoms with E-state index in [0.717, 1.165) is 53.4 Å². The zero-order valence-electron chi connectivity index (χ0n) is 21.0. The van der Waals surface area contributed by atoms with Crippen LogP contribution in [0.1, 0.15) is 23.2 Å². The molecule has 0 saturated carbocycles. The molecule has 2 atom stereocenters. The Balaban J connectivity index is 1.11. The Morgan fingerprint density at radius 3 is 2.74 bits per heavy atom. The Labute approximate surface area is 220 Å². The number of aliphatic imine (C=N–C) groups is 1. The second kappa shape index (κ2) is 9.11. The lowest BCUT2D eigenvalue weighted by atomic mass is 9.87. The van der Waals surface area contributed by atoms with Crippen LogP contribution in [0.3, 0.4) is 0 Å². The summed E-state index contributed by atoms with van der Waals surface area (Å²) in [6.45, 7) is 10.4. The number of anilines is 1. The highest BCUT2D eigenvalue weighted by molar-refractivity contribution is 5.99. The normalized spacial score (nSPS) is 19.7. The maximum absolute atomic E-state index is 7.07. The number of aromatic nitrogens is 4. The lowest BCUT2D eigenvalue weighted by Gasteiger charge is -2.56. The van der Waals surface area contributed by atoms with E-state index in [1.165, 1.54) is 12.0 Å². The number of methoxy groups -OCH3 is 1. The molecule has 4 aliphatic heterocycles. The highest BCUT2D eigenvalue weighted by Crippen LogP contribution is 2.37. The molecule has 0 aromatic carbocycles. The minimum atomic E-state index is -0.0339. The molecular formula is C28H26N8O2. The van der Waals surface area contributed by atoms with Gasteiger partial charge in [-0.3, -0.25) is 14.7 Å². The van der Waals surface area contributed by atoms with Crippen LogP contribution in [0, 0.1) is 6.57 Å². The molecule has 8 heterocycles. The second-order valence-electron chi connectivity index (χ2n) is 9.88. The largest absolute Gasteiger partial charge is 0.481 e. The van der Waals surface area contributed by atoms with Gasteiger partial charge in [-0.1, -0.05) is 6.07 Å². The number of pyridine rings is 3. The van der Waals surface area contributed by atoms with Crippen LogP contribution in [0.5, 0.6) is 11.6 Å². The zero-order valence-corrected chi connectivity index (χ0v) is 21.0. The third-order valence-corrected chi connectivity index (χ3v) is 7.67. The third kappa shape index (κ3) is 3.83. The summed E-state index contributed by atoms with van der Waals surface area (Å²) in [5.74, 6) is 2.24. The molecule has 10 heteroatoms. The summed E-state index contributed by atoms with van der Waals surface area (Å²) in [5, 5.41) is 4.69. The first kappa shape index (κ1) is 22.7. The van der Waals surface area contributed by atoms with Crippen molar-refractivity contribution in [3.63, 3.8) is 0 Å². The van der Waals surface area contributed by atoms with Crippen molar-refractivity contribution < 1.29 is 9.47 Å². The van der Waals surface area contributed by atoms with Gasteiger partial charge >= 0.3 is 6.73 Å². The number of piperidine rings is 1. The number of nitrogens with zero attached hydrogens (tertiary/aromatic N) is 8. The monoisotopic (exact) mass is 506 g/mol. The number of rotatable bonds is 7. The molecule has 38 heavy (non-hydrogen) atoms. The van der Waals surface area contributed by atoms with Crippen LogP contribution in [0.4, 0.5) is 5.82 Å². The molecule has 2 bridgehead atoms. The molecule has 10 nitrogen and oxygen atoms in total. The molecule has 0 aliphatic carbocycles. The van der Waals surface area contributed by atoms with E-state index in [1.807, 2.05) is 41.5 Å². The van der Waals surface area contributed by atoms with E-state index in [4.69, 9.17) is 21.0 Å². The molecule has 8 rings (SSSR count). The Hall–Kier alpha value is -4.49. The number of fused-ring (bicyclic) bond motifs is 5. The number of ether oxygens (including phenoxy) is 2. The zero-order chi connectivity index (χ0) is 25.6. The van der Waals surface area contributed by atoms with Gasteiger partial charge in [0, 0.05) is 73.1 Å². The molecule has 4 aliphatic rings. The van der Waals surface area contributed by atoms with Gasteiger partial charge in [0.15, 0.2) is 0 Å². The van der Waals surface area contributed by atoms with Crippen LogP contribution >= 0.6 is 0 Å². The van der Waals surface area contributed by atoms with Gasteiger partial charge in [0.2, 0.25) is 5.88 Å². The predicted molar refractivity (Wildman–Crippen MR) is 143 cm³/mol. The van der Waals surface area contributed by atoms with Crippen molar-refractivity contribution in [2.75, 3.05) is 31.8 Å². The molecule has 0 spiro atoms.